The Kier molecular flexibility index (Phi) is 4.66. The summed E-state index contributed by atoms with van der Waals surface area (Å²) < 4.78 is 14.7. The second-order valence-electron chi connectivity index (χ2n) is 3.96. The molecule has 0 saturated heterocycles. The molecule has 0 radical (unpaired) electrons. The van der Waals surface area contributed by atoms with E-state index in [0.29, 0.717) is 17.0 Å². The van der Waals surface area contributed by atoms with Gasteiger partial charge in [0.15, 0.2) is 0 Å². The Balaban J connectivity index is 2.16. The standard InChI is InChI=1S/C14H10BrCl2F/c15-10-3-1-9(2-4-10)7-13(17)12-6-5-11(16)8-14(12)18/h1-6,8,13H,7H2. The van der Waals surface area contributed by atoms with Gasteiger partial charge in [-0.2, -0.15) is 0 Å². The molecule has 94 valence electrons. The van der Waals surface area contributed by atoms with Gasteiger partial charge in [0, 0.05) is 15.1 Å². The van der Waals surface area contributed by atoms with Crippen molar-refractivity contribution in [2.45, 2.75) is 11.8 Å². The smallest absolute Gasteiger partial charge is 0.129 e. The topological polar surface area (TPSA) is 0 Å². The van der Waals surface area contributed by atoms with Gasteiger partial charge >= 0.3 is 0 Å². The van der Waals surface area contributed by atoms with Gasteiger partial charge in [-0.1, -0.05) is 45.7 Å². The molecule has 0 aliphatic heterocycles. The van der Waals surface area contributed by atoms with Crippen molar-refractivity contribution in [3.05, 3.63) is 68.9 Å². The van der Waals surface area contributed by atoms with E-state index in [2.05, 4.69) is 15.9 Å². The average molecular weight is 348 g/mol. The molecule has 0 aliphatic rings. The minimum Gasteiger partial charge on any atom is -0.207 e. The zero-order chi connectivity index (χ0) is 13.1. The van der Waals surface area contributed by atoms with Crippen molar-refractivity contribution in [3.63, 3.8) is 0 Å². The fourth-order valence-electron chi connectivity index (χ4n) is 1.69. The predicted molar refractivity (Wildman–Crippen MR) is 77.9 cm³/mol. The van der Waals surface area contributed by atoms with E-state index in [1.165, 1.54) is 6.07 Å². The highest BCUT2D eigenvalue weighted by Crippen LogP contribution is 2.29. The third-order valence-electron chi connectivity index (χ3n) is 2.63. The maximum Gasteiger partial charge on any atom is 0.129 e. The van der Waals surface area contributed by atoms with Crippen LogP contribution in [0.4, 0.5) is 4.39 Å². The molecule has 0 aliphatic carbocycles. The van der Waals surface area contributed by atoms with Gasteiger partial charge in [0.25, 0.3) is 0 Å². The Morgan fingerprint density at radius 3 is 2.39 bits per heavy atom. The highest BCUT2D eigenvalue weighted by Gasteiger charge is 2.14. The minimum atomic E-state index is -0.400. The molecule has 0 spiro atoms. The van der Waals surface area contributed by atoms with Crippen LogP contribution in [0.3, 0.4) is 0 Å². The lowest BCUT2D eigenvalue weighted by atomic mass is 10.0. The van der Waals surface area contributed by atoms with Gasteiger partial charge in [0.05, 0.1) is 5.38 Å². The quantitative estimate of drug-likeness (QED) is 0.619. The van der Waals surface area contributed by atoms with Gasteiger partial charge in [-0.3, -0.25) is 0 Å². The number of hydrogen-bond acceptors (Lipinski definition) is 0. The van der Waals surface area contributed by atoms with Crippen LogP contribution in [0, 0.1) is 5.82 Å². The van der Waals surface area contributed by atoms with E-state index in [-0.39, 0.29) is 5.82 Å². The van der Waals surface area contributed by atoms with E-state index in [9.17, 15) is 4.39 Å². The van der Waals surface area contributed by atoms with Crippen molar-refractivity contribution in [2.24, 2.45) is 0 Å². The molecule has 4 heteroatoms. The Hall–Kier alpha value is -0.570. The molecule has 0 amide bonds. The maximum atomic E-state index is 13.7. The van der Waals surface area contributed by atoms with E-state index < -0.39 is 5.38 Å². The van der Waals surface area contributed by atoms with Gasteiger partial charge in [-0.25, -0.2) is 4.39 Å². The fourth-order valence-corrected chi connectivity index (χ4v) is 2.47. The number of rotatable bonds is 3. The summed E-state index contributed by atoms with van der Waals surface area (Å²) in [5.41, 5.74) is 1.54. The minimum absolute atomic E-state index is 0.361. The molecule has 2 rings (SSSR count). The molecule has 0 bridgehead atoms. The molecule has 0 N–H and O–H groups in total. The molecule has 0 saturated carbocycles. The lowest BCUT2D eigenvalue weighted by Gasteiger charge is -2.11. The average Bonchev–Trinajstić information content (AvgIpc) is 2.32. The molecule has 0 nitrogen and oxygen atoms in total. The number of halogens is 4. The first-order chi connectivity index (χ1) is 8.56. The number of hydrogen-bond donors (Lipinski definition) is 0. The lowest BCUT2D eigenvalue weighted by molar-refractivity contribution is 0.606. The third-order valence-corrected chi connectivity index (χ3v) is 3.78. The van der Waals surface area contributed by atoms with Crippen LogP contribution in [0.5, 0.6) is 0 Å². The van der Waals surface area contributed by atoms with E-state index in [1.807, 2.05) is 24.3 Å². The molecular weight excluding hydrogens is 338 g/mol. The van der Waals surface area contributed by atoms with E-state index in [0.717, 1.165) is 10.0 Å². The summed E-state index contributed by atoms with van der Waals surface area (Å²) in [6, 6.07) is 12.4. The summed E-state index contributed by atoms with van der Waals surface area (Å²) in [4.78, 5) is 0. The first-order valence-corrected chi connectivity index (χ1v) is 7.00. The van der Waals surface area contributed by atoms with Gasteiger partial charge in [0.1, 0.15) is 5.82 Å². The Morgan fingerprint density at radius 1 is 1.11 bits per heavy atom. The fraction of sp³-hybridized carbons (Fsp3) is 0.143. The third kappa shape index (κ3) is 3.47. The molecular formula is C14H10BrCl2F. The van der Waals surface area contributed by atoms with Gasteiger partial charge in [0.2, 0.25) is 0 Å². The van der Waals surface area contributed by atoms with Crippen LogP contribution in [0.1, 0.15) is 16.5 Å². The molecule has 2 aromatic rings. The maximum absolute atomic E-state index is 13.7. The summed E-state index contributed by atoms with van der Waals surface area (Å²) in [7, 11) is 0. The Morgan fingerprint density at radius 2 is 1.78 bits per heavy atom. The Bertz CT molecular complexity index is 540. The molecule has 0 heterocycles. The number of alkyl halides is 1. The monoisotopic (exact) mass is 346 g/mol. The summed E-state index contributed by atoms with van der Waals surface area (Å²) in [6.45, 7) is 0. The summed E-state index contributed by atoms with van der Waals surface area (Å²) in [5, 5.41) is -0.0211. The summed E-state index contributed by atoms with van der Waals surface area (Å²) >= 11 is 15.3. The molecule has 1 unspecified atom stereocenters. The van der Waals surface area contributed by atoms with Crippen molar-refractivity contribution < 1.29 is 4.39 Å². The van der Waals surface area contributed by atoms with Crippen LogP contribution in [0.25, 0.3) is 0 Å². The summed E-state index contributed by atoms with van der Waals surface area (Å²) in [6.07, 6.45) is 0.577. The number of benzene rings is 2. The highest BCUT2D eigenvalue weighted by molar-refractivity contribution is 9.10. The molecule has 0 fully saturated rings. The van der Waals surface area contributed by atoms with Crippen LogP contribution in [0.2, 0.25) is 5.02 Å². The van der Waals surface area contributed by atoms with Gasteiger partial charge in [-0.05, 0) is 36.2 Å². The van der Waals surface area contributed by atoms with E-state index in [1.54, 1.807) is 12.1 Å². The van der Waals surface area contributed by atoms with Crippen LogP contribution in [-0.4, -0.2) is 0 Å². The normalized spacial score (nSPS) is 12.4. The van der Waals surface area contributed by atoms with Crippen molar-refractivity contribution in [1.29, 1.82) is 0 Å². The van der Waals surface area contributed by atoms with Crippen LogP contribution < -0.4 is 0 Å². The van der Waals surface area contributed by atoms with E-state index in [4.69, 9.17) is 23.2 Å². The molecule has 2 aromatic carbocycles. The first kappa shape index (κ1) is 13.9. The van der Waals surface area contributed by atoms with Crippen molar-refractivity contribution in [3.8, 4) is 0 Å². The van der Waals surface area contributed by atoms with Crippen LogP contribution in [-0.2, 0) is 6.42 Å². The highest BCUT2D eigenvalue weighted by atomic mass is 79.9. The first-order valence-electron chi connectivity index (χ1n) is 5.40. The van der Waals surface area contributed by atoms with Crippen molar-refractivity contribution in [1.82, 2.24) is 0 Å². The molecule has 18 heavy (non-hydrogen) atoms. The van der Waals surface area contributed by atoms with Crippen LogP contribution in [0.15, 0.2) is 46.9 Å². The SMILES string of the molecule is Fc1cc(Cl)ccc1C(Cl)Cc1ccc(Br)cc1. The largest absolute Gasteiger partial charge is 0.207 e. The second-order valence-corrected chi connectivity index (χ2v) is 5.84. The lowest BCUT2D eigenvalue weighted by Crippen LogP contribution is -1.99. The summed E-state index contributed by atoms with van der Waals surface area (Å²) in [5.74, 6) is -0.361. The van der Waals surface area contributed by atoms with E-state index >= 15 is 0 Å². The predicted octanol–water partition coefficient (Wildman–Crippen LogP) is 5.76. The zero-order valence-corrected chi connectivity index (χ0v) is 12.4. The Labute approximate surface area is 124 Å². The van der Waals surface area contributed by atoms with Crippen LogP contribution >= 0.6 is 39.1 Å². The van der Waals surface area contributed by atoms with Gasteiger partial charge < -0.3 is 0 Å². The second kappa shape index (κ2) is 6.05. The molecule has 1 atom stereocenters. The van der Waals surface area contributed by atoms with Crippen molar-refractivity contribution >= 4 is 39.1 Å². The van der Waals surface area contributed by atoms with Crippen molar-refractivity contribution in [2.75, 3.05) is 0 Å². The van der Waals surface area contributed by atoms with Gasteiger partial charge in [-0.15, -0.1) is 11.6 Å². The molecule has 0 aromatic heterocycles. The zero-order valence-electron chi connectivity index (χ0n) is 9.34.